The van der Waals surface area contributed by atoms with E-state index in [9.17, 15) is 0 Å². The van der Waals surface area contributed by atoms with Gasteiger partial charge in [0.05, 0.1) is 0 Å². The Balaban J connectivity index is 0.000000141. The molecule has 6 nitrogen and oxygen atoms in total. The smallest absolute Gasteiger partial charge is 0.143 e. The van der Waals surface area contributed by atoms with Crippen LogP contribution in [-0.2, 0) is 21.7 Å². The highest BCUT2D eigenvalue weighted by Gasteiger charge is 2.43. The minimum atomic E-state index is -0.272. The molecule has 4 heterocycles. The number of furan rings is 4. The molecule has 0 radical (unpaired) electrons. The Morgan fingerprint density at radius 1 is 0.133 bits per heavy atom. The lowest BCUT2D eigenvalue weighted by Crippen LogP contribution is -2.18. The molecule has 26 aromatic rings. The first-order chi connectivity index (χ1) is 73.3. The van der Waals surface area contributed by atoms with Crippen molar-refractivity contribution in [2.45, 2.75) is 77.0 Å². The van der Waals surface area contributed by atoms with Gasteiger partial charge in [-0.3, -0.25) is 0 Å². The maximum Gasteiger partial charge on any atom is 0.143 e. The summed E-state index contributed by atoms with van der Waals surface area (Å²) in [5.74, 6) is 0. The molecule has 0 aliphatic heterocycles. The highest BCUT2D eigenvalue weighted by atomic mass is 16.3. The molecule has 0 amide bonds. The second-order valence-corrected chi connectivity index (χ2v) is 43.3. The van der Waals surface area contributed by atoms with Crippen LogP contribution in [0.3, 0.4) is 0 Å². The van der Waals surface area contributed by atoms with Crippen molar-refractivity contribution in [3.8, 4) is 134 Å². The second-order valence-electron chi connectivity index (χ2n) is 43.3. The predicted molar refractivity (Wildman–Crippen MR) is 625 cm³/mol. The van der Waals surface area contributed by atoms with Crippen molar-refractivity contribution in [3.63, 3.8) is 0 Å². The average Bonchev–Trinajstić information content (AvgIpc) is 1.57. The molecular weight excluding hydrogens is 1820 g/mol. The van der Waals surface area contributed by atoms with Crippen LogP contribution in [0.25, 0.3) is 221 Å². The first kappa shape index (κ1) is 88.2. The summed E-state index contributed by atoms with van der Waals surface area (Å²) < 4.78 is 25.5. The Morgan fingerprint density at radius 2 is 0.340 bits per heavy atom. The summed E-state index contributed by atoms with van der Waals surface area (Å²) >= 11 is 0. The number of nitrogens with zero attached hydrogens (tertiary/aromatic N) is 2. The lowest BCUT2D eigenvalue weighted by molar-refractivity contribution is 0.659. The quantitative estimate of drug-likeness (QED) is 0.108. The first-order valence-electron chi connectivity index (χ1n) is 52.3. The van der Waals surface area contributed by atoms with Gasteiger partial charge in [0.2, 0.25) is 0 Å². The van der Waals surface area contributed by atoms with Gasteiger partial charge in [0.1, 0.15) is 44.7 Å². The van der Waals surface area contributed by atoms with Crippen LogP contribution in [0, 0.1) is 0 Å². The third kappa shape index (κ3) is 14.0. The predicted octanol–water partition coefficient (Wildman–Crippen LogP) is 40.5. The summed E-state index contributed by atoms with van der Waals surface area (Å²) in [7, 11) is 0. The van der Waals surface area contributed by atoms with E-state index in [2.05, 4.69) is 502 Å². The van der Waals surface area contributed by atoms with E-state index in [1.54, 1.807) is 0 Å². The normalized spacial score (nSPS) is 13.8. The third-order valence-corrected chi connectivity index (χ3v) is 33.4. The van der Waals surface area contributed by atoms with E-state index in [1.165, 1.54) is 156 Å². The molecule has 150 heavy (non-hydrogen) atoms. The maximum atomic E-state index is 6.55. The third-order valence-electron chi connectivity index (χ3n) is 33.4. The van der Waals surface area contributed by atoms with Crippen molar-refractivity contribution < 1.29 is 17.7 Å². The van der Waals surface area contributed by atoms with Gasteiger partial charge in [0, 0.05) is 110 Å². The van der Waals surface area contributed by atoms with Crippen LogP contribution in [0.5, 0.6) is 0 Å². The van der Waals surface area contributed by atoms with Gasteiger partial charge >= 0.3 is 0 Å². The topological polar surface area (TPSA) is 59.0 Å². The molecule has 30 rings (SSSR count). The first-order valence-corrected chi connectivity index (χ1v) is 52.3. The molecule has 712 valence electrons. The summed E-state index contributed by atoms with van der Waals surface area (Å²) in [6.07, 6.45) is 0. The fraction of sp³-hybridized carbons (Fsp3) is 0.0833. The molecule has 0 bridgehead atoms. The Labute approximate surface area is 871 Å². The zero-order valence-electron chi connectivity index (χ0n) is 84.6. The fourth-order valence-electron chi connectivity index (χ4n) is 25.4. The summed E-state index contributed by atoms with van der Waals surface area (Å²) in [5, 5.41) is 9.16. The van der Waals surface area contributed by atoms with Crippen molar-refractivity contribution in [1.82, 2.24) is 0 Å². The van der Waals surface area contributed by atoms with Crippen molar-refractivity contribution in [2.75, 3.05) is 9.80 Å². The number of benzene rings is 22. The Bertz CT molecular complexity index is 9610. The van der Waals surface area contributed by atoms with Crippen LogP contribution < -0.4 is 9.80 Å². The van der Waals surface area contributed by atoms with Crippen molar-refractivity contribution >= 4 is 122 Å². The molecule has 0 saturated carbocycles. The van der Waals surface area contributed by atoms with Gasteiger partial charge in [-0.2, -0.15) is 0 Å². The summed E-state index contributed by atoms with van der Waals surface area (Å²) in [4.78, 5) is 4.93. The number of fused-ring (bicyclic) bond motifs is 24. The molecule has 22 aromatic carbocycles. The Kier molecular flexibility index (Phi) is 19.7. The SMILES string of the molecule is CC1(C)c2cc(-c3ccc4oc5ccccc5c4c3)ccc2-c2ccc(N(c3ccc(-c4ccc(-c5ccccc5)cc4)cc3)c3ccc4c(c3)C(C)(C)c3cc(-c5ccc6oc7ccccc7c6c5)ccc3-4)cc21.CC1(C)c2cc(-c3cccc4c3oc3ccccc34)ccc2-c2ccc(N(c3ccc(-c4ccc(-c5ccccc5)cc4)cc3)c3ccc4c(c3)C(C)(C)c3cc(-c5cccc6c5oc5ccccc56)ccc3-4)cc21. The zero-order chi connectivity index (χ0) is 100. The van der Waals surface area contributed by atoms with Gasteiger partial charge in [0.25, 0.3) is 0 Å². The van der Waals surface area contributed by atoms with Gasteiger partial charge in [-0.1, -0.05) is 383 Å². The number of para-hydroxylation sites is 6. The maximum absolute atomic E-state index is 6.55. The van der Waals surface area contributed by atoms with Gasteiger partial charge in [-0.15, -0.1) is 0 Å². The van der Waals surface area contributed by atoms with Gasteiger partial charge < -0.3 is 27.5 Å². The zero-order valence-corrected chi connectivity index (χ0v) is 84.6. The van der Waals surface area contributed by atoms with Crippen LogP contribution in [-0.4, -0.2) is 0 Å². The van der Waals surface area contributed by atoms with E-state index in [0.717, 1.165) is 144 Å². The highest BCUT2D eigenvalue weighted by Crippen LogP contribution is 2.59. The summed E-state index contributed by atoms with van der Waals surface area (Å²) in [6, 6.07) is 173. The van der Waals surface area contributed by atoms with Crippen LogP contribution in [0.4, 0.5) is 34.1 Å². The van der Waals surface area contributed by atoms with E-state index in [-0.39, 0.29) is 21.7 Å². The molecule has 0 N–H and O–H groups in total. The molecule has 0 unspecified atom stereocenters. The molecule has 0 fully saturated rings. The van der Waals surface area contributed by atoms with Crippen molar-refractivity contribution in [2.24, 2.45) is 0 Å². The molecule has 4 aliphatic carbocycles. The minimum absolute atomic E-state index is 0.251. The Morgan fingerprint density at radius 3 is 0.653 bits per heavy atom. The van der Waals surface area contributed by atoms with E-state index < -0.39 is 0 Å². The van der Waals surface area contributed by atoms with E-state index in [4.69, 9.17) is 17.7 Å². The average molecular weight is 1920 g/mol. The monoisotopic (exact) mass is 1920 g/mol. The van der Waals surface area contributed by atoms with Crippen LogP contribution >= 0.6 is 0 Å². The molecule has 6 heteroatoms. The minimum Gasteiger partial charge on any atom is -0.456 e. The number of hydrogen-bond acceptors (Lipinski definition) is 6. The summed E-state index contributed by atoms with van der Waals surface area (Å²) in [5.41, 5.74) is 52.9. The van der Waals surface area contributed by atoms with Crippen LogP contribution in [0.15, 0.2) is 491 Å². The van der Waals surface area contributed by atoms with Crippen molar-refractivity contribution in [1.29, 1.82) is 0 Å². The second kappa shape index (κ2) is 33.6. The van der Waals surface area contributed by atoms with Gasteiger partial charge in [-0.25, -0.2) is 0 Å². The number of hydrogen-bond donors (Lipinski definition) is 0. The number of rotatable bonds is 14. The standard InChI is InChI=1S/2C72H51NO2/c1-71(2)63-40-48(53-18-12-20-61-59-16-8-10-22-67(59)74-69(53)61)30-36-55(63)57-38-34-51(42-65(57)71)73(50-32-28-47(29-33-50)46-26-24-45(25-27-46)44-14-6-5-7-15-44)52-35-39-58-56-37-31-49(41-64(56)72(3,4)66(58)43-52)54-19-13-21-62-60-17-9-11-23-68(60)75-70(54)62;1-71(2)63-40-50(48-26-36-69-61(38-48)59-14-8-10-16-67(59)74-69)24-32-55(63)57-34-30-53(42-65(57)71)73(52-28-22-47(23-29-52)46-20-18-45(19-21-46)44-12-6-5-7-13-44)54-31-35-58-56-33-25-51(41-64(56)72(3,4)66(58)43-54)49-27-37-70-62(39-49)60-15-9-11-17-68(60)75-70/h2*5-43H,1-4H3. The van der Waals surface area contributed by atoms with E-state index >= 15 is 0 Å². The molecule has 4 aromatic heterocycles. The lowest BCUT2D eigenvalue weighted by atomic mass is 9.81. The van der Waals surface area contributed by atoms with Crippen LogP contribution in [0.1, 0.15) is 99.9 Å². The van der Waals surface area contributed by atoms with E-state index in [1.807, 2.05) is 36.4 Å². The lowest BCUT2D eigenvalue weighted by Gasteiger charge is -2.30. The van der Waals surface area contributed by atoms with Crippen molar-refractivity contribution in [3.05, 3.63) is 518 Å². The number of anilines is 6. The molecule has 0 saturated heterocycles. The highest BCUT2D eigenvalue weighted by molar-refractivity contribution is 6.13. The van der Waals surface area contributed by atoms with Gasteiger partial charge in [0.15, 0.2) is 0 Å². The fourth-order valence-corrected chi connectivity index (χ4v) is 25.4. The van der Waals surface area contributed by atoms with E-state index in [0.29, 0.717) is 0 Å². The summed E-state index contributed by atoms with van der Waals surface area (Å²) in [6.45, 7) is 19.1. The van der Waals surface area contributed by atoms with Gasteiger partial charge in [-0.05, 0) is 312 Å². The Hall–Kier alpha value is -18.4. The molecular formula is C144H102N2O4. The molecule has 4 aliphatic rings. The largest absolute Gasteiger partial charge is 0.456 e. The molecule has 0 spiro atoms. The van der Waals surface area contributed by atoms with Crippen LogP contribution in [0.2, 0.25) is 0 Å². The molecule has 0 atom stereocenters.